The van der Waals surface area contributed by atoms with Gasteiger partial charge in [-0.1, -0.05) is 0 Å². The molecule has 5 heteroatoms. The van der Waals surface area contributed by atoms with Crippen molar-refractivity contribution in [1.82, 2.24) is 4.90 Å². The van der Waals surface area contributed by atoms with E-state index in [-0.39, 0.29) is 17.9 Å². The van der Waals surface area contributed by atoms with Gasteiger partial charge in [-0.25, -0.2) is 0 Å². The van der Waals surface area contributed by atoms with Gasteiger partial charge < -0.3 is 15.4 Å². The van der Waals surface area contributed by atoms with Gasteiger partial charge in [0.05, 0.1) is 12.5 Å². The standard InChI is InChI=1S/C11H20N2O3/c1-8(12)6-9(14)13-5-4-11(2,7-13)10(15)16-3/h8H,4-7,12H2,1-3H3. The van der Waals surface area contributed by atoms with E-state index in [1.54, 1.807) is 11.8 Å². The first kappa shape index (κ1) is 13.0. The van der Waals surface area contributed by atoms with E-state index in [1.165, 1.54) is 7.11 Å². The number of rotatable bonds is 3. The van der Waals surface area contributed by atoms with E-state index in [2.05, 4.69) is 0 Å². The molecule has 0 aliphatic carbocycles. The summed E-state index contributed by atoms with van der Waals surface area (Å²) in [7, 11) is 1.38. The first-order valence-corrected chi connectivity index (χ1v) is 5.51. The summed E-state index contributed by atoms with van der Waals surface area (Å²) in [6.07, 6.45) is 0.988. The van der Waals surface area contributed by atoms with Gasteiger partial charge in [-0.3, -0.25) is 9.59 Å². The number of esters is 1. The number of carbonyl (C=O) groups is 2. The van der Waals surface area contributed by atoms with Crippen LogP contribution in [-0.4, -0.2) is 43.0 Å². The van der Waals surface area contributed by atoms with Gasteiger partial charge in [0.25, 0.3) is 0 Å². The Balaban J connectivity index is 2.58. The zero-order valence-corrected chi connectivity index (χ0v) is 10.2. The van der Waals surface area contributed by atoms with Crippen molar-refractivity contribution < 1.29 is 14.3 Å². The molecule has 1 rings (SSSR count). The number of likely N-dealkylation sites (tertiary alicyclic amines) is 1. The third-order valence-corrected chi connectivity index (χ3v) is 3.00. The average molecular weight is 228 g/mol. The van der Waals surface area contributed by atoms with Crippen LogP contribution in [0, 0.1) is 5.41 Å². The van der Waals surface area contributed by atoms with Gasteiger partial charge in [0.1, 0.15) is 0 Å². The molecule has 1 aliphatic rings. The molecule has 0 aromatic heterocycles. The fraction of sp³-hybridized carbons (Fsp3) is 0.818. The molecule has 1 saturated heterocycles. The molecule has 1 amide bonds. The Labute approximate surface area is 95.9 Å². The first-order valence-electron chi connectivity index (χ1n) is 5.51. The monoisotopic (exact) mass is 228 g/mol. The lowest BCUT2D eigenvalue weighted by Crippen LogP contribution is -2.37. The maximum Gasteiger partial charge on any atom is 0.313 e. The summed E-state index contributed by atoms with van der Waals surface area (Å²) in [5.74, 6) is -0.230. The summed E-state index contributed by atoms with van der Waals surface area (Å²) >= 11 is 0. The van der Waals surface area contributed by atoms with E-state index >= 15 is 0 Å². The van der Waals surface area contributed by atoms with Crippen LogP contribution in [0.3, 0.4) is 0 Å². The third-order valence-electron chi connectivity index (χ3n) is 3.00. The number of hydrogen-bond acceptors (Lipinski definition) is 4. The van der Waals surface area contributed by atoms with Crippen LogP contribution in [0.25, 0.3) is 0 Å². The number of nitrogens with zero attached hydrogens (tertiary/aromatic N) is 1. The van der Waals surface area contributed by atoms with Crippen molar-refractivity contribution in [2.24, 2.45) is 11.1 Å². The molecule has 0 bridgehead atoms. The van der Waals surface area contributed by atoms with Gasteiger partial charge >= 0.3 is 5.97 Å². The van der Waals surface area contributed by atoms with Crippen molar-refractivity contribution >= 4 is 11.9 Å². The van der Waals surface area contributed by atoms with E-state index in [9.17, 15) is 9.59 Å². The quantitative estimate of drug-likeness (QED) is 0.697. The van der Waals surface area contributed by atoms with Crippen LogP contribution in [0.5, 0.6) is 0 Å². The maximum absolute atomic E-state index is 11.7. The zero-order valence-electron chi connectivity index (χ0n) is 10.2. The van der Waals surface area contributed by atoms with Crippen LogP contribution in [0.4, 0.5) is 0 Å². The number of hydrogen-bond donors (Lipinski definition) is 1. The molecule has 0 spiro atoms. The van der Waals surface area contributed by atoms with E-state index in [0.29, 0.717) is 25.9 Å². The Bertz CT molecular complexity index is 291. The van der Waals surface area contributed by atoms with Crippen molar-refractivity contribution in [3.63, 3.8) is 0 Å². The van der Waals surface area contributed by atoms with E-state index in [4.69, 9.17) is 10.5 Å². The fourth-order valence-electron chi connectivity index (χ4n) is 1.99. The van der Waals surface area contributed by atoms with Gasteiger partial charge in [-0.2, -0.15) is 0 Å². The lowest BCUT2D eigenvalue weighted by atomic mass is 9.90. The van der Waals surface area contributed by atoms with Gasteiger partial charge in [-0.15, -0.1) is 0 Å². The van der Waals surface area contributed by atoms with E-state index < -0.39 is 5.41 Å². The molecule has 0 aromatic rings. The van der Waals surface area contributed by atoms with Crippen LogP contribution >= 0.6 is 0 Å². The SMILES string of the molecule is COC(=O)C1(C)CCN(C(=O)CC(C)N)C1. The Morgan fingerprint density at radius 3 is 2.69 bits per heavy atom. The van der Waals surface area contributed by atoms with Crippen molar-refractivity contribution in [2.45, 2.75) is 32.7 Å². The smallest absolute Gasteiger partial charge is 0.313 e. The van der Waals surface area contributed by atoms with Crippen LogP contribution in [0.2, 0.25) is 0 Å². The molecule has 2 unspecified atom stereocenters. The maximum atomic E-state index is 11.7. The highest BCUT2D eigenvalue weighted by atomic mass is 16.5. The van der Waals surface area contributed by atoms with Gasteiger partial charge in [0.2, 0.25) is 5.91 Å². The Morgan fingerprint density at radius 1 is 1.56 bits per heavy atom. The third kappa shape index (κ3) is 2.72. The minimum absolute atomic E-state index is 0.0163. The molecule has 0 radical (unpaired) electrons. The molecule has 0 aromatic carbocycles. The molecule has 1 heterocycles. The summed E-state index contributed by atoms with van der Waals surface area (Å²) in [6.45, 7) is 4.67. The van der Waals surface area contributed by atoms with Crippen molar-refractivity contribution in [3.05, 3.63) is 0 Å². The summed E-state index contributed by atoms with van der Waals surface area (Å²) in [4.78, 5) is 25.0. The molecule has 2 N–H and O–H groups in total. The summed E-state index contributed by atoms with van der Waals surface area (Å²) in [5.41, 5.74) is 5.02. The number of carbonyl (C=O) groups excluding carboxylic acids is 2. The van der Waals surface area contributed by atoms with Gasteiger partial charge in [-0.05, 0) is 20.3 Å². The molecule has 92 valence electrons. The molecule has 2 atom stereocenters. The van der Waals surface area contributed by atoms with Crippen molar-refractivity contribution in [1.29, 1.82) is 0 Å². The van der Waals surface area contributed by atoms with E-state index in [0.717, 1.165) is 0 Å². The molecular weight excluding hydrogens is 208 g/mol. The number of amides is 1. The van der Waals surface area contributed by atoms with Crippen molar-refractivity contribution in [3.8, 4) is 0 Å². The number of methoxy groups -OCH3 is 1. The Hall–Kier alpha value is -1.10. The number of ether oxygens (including phenoxy) is 1. The van der Waals surface area contributed by atoms with Crippen molar-refractivity contribution in [2.75, 3.05) is 20.2 Å². The van der Waals surface area contributed by atoms with Crippen LogP contribution in [0.1, 0.15) is 26.7 Å². The second kappa shape index (κ2) is 4.82. The Morgan fingerprint density at radius 2 is 2.19 bits per heavy atom. The summed E-state index contributed by atoms with van der Waals surface area (Å²) in [5, 5.41) is 0. The first-order chi connectivity index (χ1) is 7.39. The predicted molar refractivity (Wildman–Crippen MR) is 59.6 cm³/mol. The number of nitrogens with two attached hydrogens (primary N) is 1. The molecule has 1 aliphatic heterocycles. The Kier molecular flexibility index (Phi) is 3.91. The highest BCUT2D eigenvalue weighted by Gasteiger charge is 2.42. The zero-order chi connectivity index (χ0) is 12.3. The van der Waals surface area contributed by atoms with Gasteiger partial charge in [0, 0.05) is 25.6 Å². The predicted octanol–water partition coefficient (Wildman–Crippen LogP) is 0.135. The van der Waals surface area contributed by atoms with Crippen LogP contribution in [0.15, 0.2) is 0 Å². The minimum Gasteiger partial charge on any atom is -0.469 e. The second-order valence-corrected chi connectivity index (χ2v) is 4.80. The lowest BCUT2D eigenvalue weighted by Gasteiger charge is -2.22. The summed E-state index contributed by atoms with van der Waals surface area (Å²) in [6, 6.07) is -0.141. The lowest BCUT2D eigenvalue weighted by molar-refractivity contribution is -0.151. The molecule has 1 fully saturated rings. The normalized spacial score (nSPS) is 26.6. The van der Waals surface area contributed by atoms with Crippen LogP contribution in [-0.2, 0) is 14.3 Å². The average Bonchev–Trinajstić information content (AvgIpc) is 2.60. The molecule has 16 heavy (non-hydrogen) atoms. The second-order valence-electron chi connectivity index (χ2n) is 4.80. The largest absolute Gasteiger partial charge is 0.469 e. The fourth-order valence-corrected chi connectivity index (χ4v) is 1.99. The van der Waals surface area contributed by atoms with Crippen LogP contribution < -0.4 is 5.73 Å². The molecule has 5 nitrogen and oxygen atoms in total. The van der Waals surface area contributed by atoms with E-state index in [1.807, 2.05) is 6.92 Å². The van der Waals surface area contributed by atoms with Gasteiger partial charge in [0.15, 0.2) is 0 Å². The molecular formula is C11H20N2O3. The highest BCUT2D eigenvalue weighted by molar-refractivity contribution is 5.81. The topological polar surface area (TPSA) is 72.6 Å². The molecule has 0 saturated carbocycles. The summed E-state index contributed by atoms with van der Waals surface area (Å²) < 4.78 is 4.74. The highest BCUT2D eigenvalue weighted by Crippen LogP contribution is 2.31. The minimum atomic E-state index is -0.553.